The van der Waals surface area contributed by atoms with Crippen molar-refractivity contribution in [1.82, 2.24) is 0 Å². The second-order valence-electron chi connectivity index (χ2n) is 4.05. The van der Waals surface area contributed by atoms with Gasteiger partial charge in [-0.1, -0.05) is 6.07 Å². The zero-order valence-electron chi connectivity index (χ0n) is 9.91. The summed E-state index contributed by atoms with van der Waals surface area (Å²) in [4.78, 5) is 22.9. The van der Waals surface area contributed by atoms with Crippen molar-refractivity contribution in [2.75, 3.05) is 24.7 Å². The lowest BCUT2D eigenvalue weighted by Crippen LogP contribution is -2.52. The average Bonchev–Trinajstić information content (AvgIpc) is 2.37. The third-order valence-corrected chi connectivity index (χ3v) is 2.91. The lowest BCUT2D eigenvalue weighted by Gasteiger charge is -2.34. The van der Waals surface area contributed by atoms with E-state index < -0.39 is 28.4 Å². The first-order chi connectivity index (χ1) is 9.02. The van der Waals surface area contributed by atoms with Crippen LogP contribution < -0.4 is 10.6 Å². The molecule has 102 valence electrons. The molecule has 0 aliphatic carbocycles. The van der Waals surface area contributed by atoms with Crippen molar-refractivity contribution in [3.63, 3.8) is 0 Å². The molecule has 1 fully saturated rings. The van der Waals surface area contributed by atoms with Crippen LogP contribution >= 0.6 is 0 Å². The van der Waals surface area contributed by atoms with Gasteiger partial charge in [0.15, 0.2) is 0 Å². The fourth-order valence-electron chi connectivity index (χ4n) is 2.04. The number of nitro benzene ring substituents is 1. The predicted octanol–water partition coefficient (Wildman–Crippen LogP) is 0.424. The number of benzene rings is 1. The molecule has 0 radical (unpaired) electrons. The van der Waals surface area contributed by atoms with Crippen molar-refractivity contribution in [1.29, 1.82) is 0 Å². The molecule has 1 amide bonds. The molecule has 1 aliphatic heterocycles. The molecule has 7 nitrogen and oxygen atoms in total. The van der Waals surface area contributed by atoms with Gasteiger partial charge in [-0.3, -0.25) is 14.9 Å². The third kappa shape index (κ3) is 2.48. The summed E-state index contributed by atoms with van der Waals surface area (Å²) in [7, 11) is 0. The number of nitrogens with zero attached hydrogens (tertiary/aromatic N) is 2. The van der Waals surface area contributed by atoms with E-state index in [1.54, 1.807) is 0 Å². The van der Waals surface area contributed by atoms with Gasteiger partial charge in [0.05, 0.1) is 18.1 Å². The Morgan fingerprint density at radius 1 is 1.58 bits per heavy atom. The molecule has 0 spiro atoms. The van der Waals surface area contributed by atoms with Gasteiger partial charge in [0.25, 0.3) is 0 Å². The topological polar surface area (TPSA) is 98.7 Å². The molecule has 1 aromatic carbocycles. The number of nitro groups is 1. The van der Waals surface area contributed by atoms with E-state index in [9.17, 15) is 19.3 Å². The molecule has 0 bridgehead atoms. The Morgan fingerprint density at radius 3 is 2.95 bits per heavy atom. The largest absolute Gasteiger partial charge is 0.377 e. The fourth-order valence-corrected chi connectivity index (χ4v) is 2.04. The van der Waals surface area contributed by atoms with E-state index in [0.717, 1.165) is 6.07 Å². The van der Waals surface area contributed by atoms with Crippen LogP contribution in [0.25, 0.3) is 0 Å². The number of halogens is 1. The Bertz CT molecular complexity index is 523. The molecule has 1 aliphatic rings. The minimum absolute atomic E-state index is 0.0308. The Hall–Kier alpha value is -2.22. The minimum atomic E-state index is -0.947. The Balaban J connectivity index is 2.47. The van der Waals surface area contributed by atoms with Crippen LogP contribution in [-0.4, -0.2) is 36.6 Å². The summed E-state index contributed by atoms with van der Waals surface area (Å²) in [6.45, 7) is 0.554. The van der Waals surface area contributed by atoms with Gasteiger partial charge in [0, 0.05) is 6.54 Å². The molecule has 2 N–H and O–H groups in total. The first-order valence-electron chi connectivity index (χ1n) is 5.59. The Kier molecular flexibility index (Phi) is 3.61. The number of hydrogen-bond acceptors (Lipinski definition) is 5. The quantitative estimate of drug-likeness (QED) is 0.633. The molecule has 1 saturated heterocycles. The summed E-state index contributed by atoms with van der Waals surface area (Å²) in [6.07, 6.45) is 0. The van der Waals surface area contributed by atoms with Crippen molar-refractivity contribution in [3.05, 3.63) is 34.1 Å². The normalized spacial score (nSPS) is 19.2. The fraction of sp³-hybridized carbons (Fsp3) is 0.364. The van der Waals surface area contributed by atoms with Gasteiger partial charge in [0.1, 0.15) is 11.7 Å². The van der Waals surface area contributed by atoms with Crippen molar-refractivity contribution >= 4 is 17.3 Å². The van der Waals surface area contributed by atoms with E-state index in [1.807, 2.05) is 0 Å². The maximum absolute atomic E-state index is 13.6. The number of nitrogens with two attached hydrogens (primary N) is 1. The number of carbonyl (C=O) groups is 1. The van der Waals surface area contributed by atoms with Crippen molar-refractivity contribution in [2.24, 2.45) is 5.73 Å². The van der Waals surface area contributed by atoms with Crippen LogP contribution in [0.4, 0.5) is 15.8 Å². The number of primary amides is 1. The van der Waals surface area contributed by atoms with Crippen LogP contribution in [0.1, 0.15) is 0 Å². The predicted molar refractivity (Wildman–Crippen MR) is 64.2 cm³/mol. The molecule has 0 aromatic heterocycles. The summed E-state index contributed by atoms with van der Waals surface area (Å²) in [6, 6.07) is 2.91. The van der Waals surface area contributed by atoms with Crippen LogP contribution in [-0.2, 0) is 9.53 Å². The van der Waals surface area contributed by atoms with Crippen LogP contribution in [0.15, 0.2) is 18.2 Å². The Labute approximate surface area is 107 Å². The maximum Gasteiger partial charge on any atom is 0.327 e. The van der Waals surface area contributed by atoms with Gasteiger partial charge < -0.3 is 15.4 Å². The highest BCUT2D eigenvalue weighted by atomic mass is 19.1. The number of carbonyl (C=O) groups excluding carboxylic acids is 1. The first kappa shape index (κ1) is 13.2. The molecular weight excluding hydrogens is 257 g/mol. The van der Waals surface area contributed by atoms with Gasteiger partial charge in [-0.05, 0) is 12.1 Å². The lowest BCUT2D eigenvalue weighted by atomic mass is 10.1. The van der Waals surface area contributed by atoms with Crippen LogP contribution in [0.2, 0.25) is 0 Å². The summed E-state index contributed by atoms with van der Waals surface area (Å²) >= 11 is 0. The van der Waals surface area contributed by atoms with Crippen molar-refractivity contribution in [3.8, 4) is 0 Å². The highest BCUT2D eigenvalue weighted by Gasteiger charge is 2.33. The van der Waals surface area contributed by atoms with Gasteiger partial charge in [-0.15, -0.1) is 0 Å². The number of rotatable bonds is 3. The SMILES string of the molecule is NC(=O)C1COCCN1c1cccc(F)c1[N+](=O)[O-]. The second-order valence-corrected chi connectivity index (χ2v) is 4.05. The molecule has 0 saturated carbocycles. The summed E-state index contributed by atoms with van der Waals surface area (Å²) in [5, 5.41) is 11.0. The van der Waals surface area contributed by atoms with Gasteiger partial charge in [-0.2, -0.15) is 4.39 Å². The molecule has 1 atom stereocenters. The van der Waals surface area contributed by atoms with Gasteiger partial charge in [-0.25, -0.2) is 0 Å². The standard InChI is InChI=1S/C11H12FN3O4/c12-7-2-1-3-8(10(7)15(17)18)14-4-5-19-6-9(14)11(13)16/h1-3,9H,4-6H2,(H2,13,16). The lowest BCUT2D eigenvalue weighted by molar-refractivity contribution is -0.386. The molecule has 1 aromatic rings. The van der Waals surface area contributed by atoms with E-state index in [0.29, 0.717) is 0 Å². The van der Waals surface area contributed by atoms with Crippen molar-refractivity contribution in [2.45, 2.75) is 6.04 Å². The molecule has 1 heterocycles. The van der Waals surface area contributed by atoms with Crippen LogP contribution in [0.5, 0.6) is 0 Å². The number of anilines is 1. The molecule has 8 heteroatoms. The zero-order chi connectivity index (χ0) is 14.0. The zero-order valence-corrected chi connectivity index (χ0v) is 9.91. The molecule has 1 unspecified atom stereocenters. The minimum Gasteiger partial charge on any atom is -0.377 e. The first-order valence-corrected chi connectivity index (χ1v) is 5.59. The number of ether oxygens (including phenoxy) is 1. The molecule has 19 heavy (non-hydrogen) atoms. The Morgan fingerprint density at radius 2 is 2.32 bits per heavy atom. The van der Waals surface area contributed by atoms with Gasteiger partial charge in [0.2, 0.25) is 11.7 Å². The molecular formula is C11H12FN3O4. The highest BCUT2D eigenvalue weighted by molar-refractivity contribution is 5.85. The number of morpholine rings is 1. The number of amides is 1. The molecule has 2 rings (SSSR count). The smallest absolute Gasteiger partial charge is 0.327 e. The van der Waals surface area contributed by atoms with E-state index in [1.165, 1.54) is 17.0 Å². The second kappa shape index (κ2) is 5.19. The summed E-state index contributed by atoms with van der Waals surface area (Å²) in [5.41, 5.74) is 4.62. The van der Waals surface area contributed by atoms with E-state index >= 15 is 0 Å². The monoisotopic (exact) mass is 269 g/mol. The van der Waals surface area contributed by atoms with E-state index in [4.69, 9.17) is 10.5 Å². The highest BCUT2D eigenvalue weighted by Crippen LogP contribution is 2.32. The number of para-hydroxylation sites is 1. The van der Waals surface area contributed by atoms with E-state index in [2.05, 4.69) is 0 Å². The number of hydrogen-bond donors (Lipinski definition) is 1. The van der Waals surface area contributed by atoms with Crippen molar-refractivity contribution < 1.29 is 18.8 Å². The summed E-state index contributed by atoms with van der Waals surface area (Å²) in [5.74, 6) is -1.62. The van der Waals surface area contributed by atoms with E-state index in [-0.39, 0.29) is 25.4 Å². The maximum atomic E-state index is 13.6. The summed E-state index contributed by atoms with van der Waals surface area (Å²) < 4.78 is 18.7. The third-order valence-electron chi connectivity index (χ3n) is 2.91. The van der Waals surface area contributed by atoms with Crippen LogP contribution in [0.3, 0.4) is 0 Å². The average molecular weight is 269 g/mol. The van der Waals surface area contributed by atoms with Crippen LogP contribution in [0, 0.1) is 15.9 Å². The van der Waals surface area contributed by atoms with Gasteiger partial charge >= 0.3 is 5.69 Å².